The van der Waals surface area contributed by atoms with Gasteiger partial charge in [0.05, 0.1) is 18.5 Å². The summed E-state index contributed by atoms with van der Waals surface area (Å²) in [5.74, 6) is 0.587. The summed E-state index contributed by atoms with van der Waals surface area (Å²) in [6.45, 7) is 5.73. The number of aliphatic hydroxyl groups is 1. The number of ether oxygens (including phenoxy) is 4. The van der Waals surface area contributed by atoms with Gasteiger partial charge < -0.3 is 33.5 Å². The van der Waals surface area contributed by atoms with Gasteiger partial charge in [0, 0.05) is 24.7 Å². The van der Waals surface area contributed by atoms with Gasteiger partial charge in [-0.2, -0.15) is 0 Å². The van der Waals surface area contributed by atoms with Crippen molar-refractivity contribution in [2.45, 2.75) is 128 Å². The van der Waals surface area contributed by atoms with E-state index in [1.165, 1.54) is 6.33 Å². The molecule has 0 bridgehead atoms. The summed E-state index contributed by atoms with van der Waals surface area (Å²) in [4.78, 5) is 38.0. The summed E-state index contributed by atoms with van der Waals surface area (Å²) in [7, 11) is 1.64. The van der Waals surface area contributed by atoms with Crippen LogP contribution in [0.25, 0.3) is 11.0 Å². The van der Waals surface area contributed by atoms with Crippen molar-refractivity contribution < 1.29 is 33.6 Å². The molecule has 5 aromatic rings. The molecule has 0 spiro atoms. The number of fused-ring (bicyclic) bond motifs is 1. The van der Waals surface area contributed by atoms with E-state index in [0.717, 1.165) is 80.4 Å². The standard InChI is InChI=1S/C48H60N4O7/c1-5-7-9-11-19-25-41(53)57-33-40-44(59-42(54)26-20-12-10-8-6-2)48(3,55)47(58-40)51-32-31-39-45(51)49-34-50-46(39)52(37-27-29-38(56-4)30-28-37)43(35-21-15-13-16-22-35)36-23-17-14-18-24-36/h13-18,21-24,27-32,34,40,43-44,47,55H,5-12,19-20,25-26,33H2,1-4H3/t40-,44-,47-,48-/m1/s1. The number of rotatable bonds is 22. The molecule has 314 valence electrons. The summed E-state index contributed by atoms with van der Waals surface area (Å²) in [5.41, 5.74) is 1.75. The van der Waals surface area contributed by atoms with Gasteiger partial charge in [-0.3, -0.25) is 9.59 Å². The van der Waals surface area contributed by atoms with Crippen molar-refractivity contribution in [3.8, 4) is 5.75 Å². The summed E-state index contributed by atoms with van der Waals surface area (Å²) in [6, 6.07) is 30.0. The van der Waals surface area contributed by atoms with Gasteiger partial charge in [0.25, 0.3) is 0 Å². The van der Waals surface area contributed by atoms with E-state index in [1.807, 2.05) is 72.9 Å². The second-order valence-corrected chi connectivity index (χ2v) is 15.6. The molecule has 4 atom stereocenters. The lowest BCUT2D eigenvalue weighted by Gasteiger charge is -2.34. The zero-order chi connectivity index (χ0) is 41.6. The van der Waals surface area contributed by atoms with Crippen molar-refractivity contribution in [3.63, 3.8) is 0 Å². The highest BCUT2D eigenvalue weighted by atomic mass is 16.6. The number of anilines is 2. The van der Waals surface area contributed by atoms with E-state index >= 15 is 0 Å². The molecule has 1 saturated heterocycles. The first-order chi connectivity index (χ1) is 28.8. The maximum atomic E-state index is 13.3. The van der Waals surface area contributed by atoms with E-state index in [4.69, 9.17) is 28.9 Å². The van der Waals surface area contributed by atoms with E-state index in [0.29, 0.717) is 23.3 Å². The molecule has 6 rings (SSSR count). The van der Waals surface area contributed by atoms with Gasteiger partial charge in [-0.25, -0.2) is 9.97 Å². The molecule has 0 unspecified atom stereocenters. The molecule has 11 heteroatoms. The number of nitrogens with zero attached hydrogens (tertiary/aromatic N) is 4. The third-order valence-electron chi connectivity index (χ3n) is 11.2. The van der Waals surface area contributed by atoms with Crippen LogP contribution in [0.2, 0.25) is 0 Å². The Balaban J connectivity index is 1.35. The fourth-order valence-electron chi connectivity index (χ4n) is 7.99. The lowest BCUT2D eigenvalue weighted by atomic mass is 9.96. The summed E-state index contributed by atoms with van der Waals surface area (Å²) < 4.78 is 25.6. The first-order valence-electron chi connectivity index (χ1n) is 21.3. The molecule has 0 radical (unpaired) electrons. The molecule has 0 amide bonds. The first-order valence-corrected chi connectivity index (χ1v) is 21.3. The lowest BCUT2D eigenvalue weighted by Crippen LogP contribution is -2.47. The normalized spacial score (nSPS) is 18.9. The number of unbranched alkanes of at least 4 members (excludes halogenated alkanes) is 8. The number of methoxy groups -OCH3 is 1. The summed E-state index contributed by atoms with van der Waals surface area (Å²) >= 11 is 0. The molecule has 3 heterocycles. The third kappa shape index (κ3) is 10.7. The minimum absolute atomic E-state index is 0.171. The average molecular weight is 805 g/mol. The Labute approximate surface area is 348 Å². The Morgan fingerprint density at radius 1 is 0.797 bits per heavy atom. The lowest BCUT2D eigenvalue weighted by molar-refractivity contribution is -0.165. The smallest absolute Gasteiger partial charge is 0.306 e. The van der Waals surface area contributed by atoms with Crippen LogP contribution in [0.5, 0.6) is 5.75 Å². The number of aromatic nitrogens is 3. The molecule has 2 aromatic heterocycles. The fourth-order valence-corrected chi connectivity index (χ4v) is 7.99. The van der Waals surface area contributed by atoms with Crippen molar-refractivity contribution in [2.75, 3.05) is 18.6 Å². The number of carbonyl (C=O) groups is 2. The number of carbonyl (C=O) groups excluding carboxylic acids is 2. The number of hydrogen-bond donors (Lipinski definition) is 1. The molecule has 1 N–H and O–H groups in total. The second kappa shape index (κ2) is 21.1. The summed E-state index contributed by atoms with van der Waals surface area (Å²) in [5, 5.41) is 13.1. The van der Waals surface area contributed by atoms with Crippen LogP contribution in [-0.2, 0) is 23.8 Å². The van der Waals surface area contributed by atoms with Crippen molar-refractivity contribution >= 4 is 34.5 Å². The maximum Gasteiger partial charge on any atom is 0.306 e. The minimum Gasteiger partial charge on any atom is -0.497 e. The molecule has 0 saturated carbocycles. The van der Waals surface area contributed by atoms with E-state index in [-0.39, 0.29) is 31.5 Å². The predicted molar refractivity (Wildman–Crippen MR) is 230 cm³/mol. The van der Waals surface area contributed by atoms with Crippen molar-refractivity contribution in [3.05, 3.63) is 115 Å². The van der Waals surface area contributed by atoms with Crippen molar-refractivity contribution in [2.24, 2.45) is 0 Å². The highest BCUT2D eigenvalue weighted by molar-refractivity contribution is 5.91. The molecule has 3 aromatic carbocycles. The Hall–Kier alpha value is -5.26. The van der Waals surface area contributed by atoms with Crippen LogP contribution >= 0.6 is 0 Å². The van der Waals surface area contributed by atoms with Crippen LogP contribution in [0.3, 0.4) is 0 Å². The number of esters is 2. The highest BCUT2D eigenvalue weighted by Gasteiger charge is 2.56. The van der Waals surface area contributed by atoms with Crippen molar-refractivity contribution in [1.29, 1.82) is 0 Å². The molecular weight excluding hydrogens is 745 g/mol. The Kier molecular flexibility index (Phi) is 15.5. The van der Waals surface area contributed by atoms with Gasteiger partial charge in [0.1, 0.15) is 41.9 Å². The van der Waals surface area contributed by atoms with Crippen molar-refractivity contribution in [1.82, 2.24) is 14.5 Å². The molecule has 1 fully saturated rings. The third-order valence-corrected chi connectivity index (χ3v) is 11.2. The SMILES string of the molecule is CCCCCCCC(=O)OC[C@H]1O[C@@H](n2ccc3c(N(c4ccc(OC)cc4)C(c4ccccc4)c4ccccc4)ncnc32)[C@](C)(O)[C@@H]1OC(=O)CCCCCCC. The van der Waals surface area contributed by atoms with Crippen LogP contribution in [0, 0.1) is 0 Å². The minimum atomic E-state index is -1.72. The zero-order valence-electron chi connectivity index (χ0n) is 35.0. The van der Waals surface area contributed by atoms with Crippen LogP contribution in [0.1, 0.15) is 121 Å². The van der Waals surface area contributed by atoms with Crippen LogP contribution in [0.15, 0.2) is 104 Å². The Bertz CT molecular complexity index is 2020. The largest absolute Gasteiger partial charge is 0.497 e. The van der Waals surface area contributed by atoms with E-state index < -0.39 is 30.0 Å². The Morgan fingerprint density at radius 2 is 1.39 bits per heavy atom. The van der Waals surface area contributed by atoms with Gasteiger partial charge in [0.2, 0.25) is 0 Å². The molecule has 1 aliphatic rings. The zero-order valence-corrected chi connectivity index (χ0v) is 35.0. The van der Waals surface area contributed by atoms with Gasteiger partial charge in [-0.1, -0.05) is 126 Å². The fraction of sp³-hybridized carbons (Fsp3) is 0.458. The highest BCUT2D eigenvalue weighted by Crippen LogP contribution is 2.45. The quantitative estimate of drug-likeness (QED) is 0.0534. The molecule has 59 heavy (non-hydrogen) atoms. The van der Waals surface area contributed by atoms with Gasteiger partial charge in [-0.05, 0) is 61.2 Å². The average Bonchev–Trinajstić information content (AvgIpc) is 3.79. The molecule has 0 aliphatic carbocycles. The number of hydrogen-bond acceptors (Lipinski definition) is 10. The summed E-state index contributed by atoms with van der Waals surface area (Å²) in [6.07, 6.45) is 10.7. The maximum absolute atomic E-state index is 13.3. The molecule has 11 nitrogen and oxygen atoms in total. The van der Waals surface area contributed by atoms with Gasteiger partial charge in [-0.15, -0.1) is 0 Å². The van der Waals surface area contributed by atoms with Gasteiger partial charge >= 0.3 is 11.9 Å². The van der Waals surface area contributed by atoms with Crippen LogP contribution < -0.4 is 9.64 Å². The first kappa shape index (κ1) is 43.3. The van der Waals surface area contributed by atoms with Crippen LogP contribution in [-0.4, -0.2) is 63.1 Å². The Morgan fingerprint density at radius 3 is 1.98 bits per heavy atom. The molecular formula is C48H60N4O7. The van der Waals surface area contributed by atoms with Gasteiger partial charge in [0.15, 0.2) is 12.3 Å². The molecule has 1 aliphatic heterocycles. The monoisotopic (exact) mass is 804 g/mol. The van der Waals surface area contributed by atoms with E-state index in [9.17, 15) is 14.7 Å². The van der Waals surface area contributed by atoms with E-state index in [2.05, 4.69) is 43.0 Å². The topological polar surface area (TPSA) is 125 Å². The number of benzene rings is 3. The second-order valence-electron chi connectivity index (χ2n) is 15.6. The van der Waals surface area contributed by atoms with Crippen LogP contribution in [0.4, 0.5) is 11.5 Å². The van der Waals surface area contributed by atoms with E-state index in [1.54, 1.807) is 18.6 Å². The predicted octanol–water partition coefficient (Wildman–Crippen LogP) is 10.2.